The summed E-state index contributed by atoms with van der Waals surface area (Å²) in [7, 11) is 0. The fourth-order valence-corrected chi connectivity index (χ4v) is 4.08. The first-order valence-corrected chi connectivity index (χ1v) is 8.51. The van der Waals surface area contributed by atoms with E-state index in [1.807, 2.05) is 23.6 Å². The number of hydrazone groups is 1. The zero-order valence-electron chi connectivity index (χ0n) is 11.1. The standard InChI is InChI=1S/C15H16N2OS2/c18-15(17-16-10-12-6-4-8-19-12)14-9-11-5-2-1-3-7-13(11)20-14/h4,6,8-10H,1-3,5,7H2,(H,17,18)/b16-10-. The quantitative estimate of drug-likeness (QED) is 0.522. The zero-order chi connectivity index (χ0) is 13.8. The van der Waals surface area contributed by atoms with Crippen molar-refractivity contribution >= 4 is 34.8 Å². The van der Waals surface area contributed by atoms with Gasteiger partial charge in [-0.2, -0.15) is 5.10 Å². The Bertz CT molecular complexity index is 590. The average molecular weight is 304 g/mol. The summed E-state index contributed by atoms with van der Waals surface area (Å²) < 4.78 is 0. The van der Waals surface area contributed by atoms with Crippen molar-refractivity contribution in [3.63, 3.8) is 0 Å². The zero-order valence-corrected chi connectivity index (χ0v) is 12.7. The third kappa shape index (κ3) is 3.16. The molecule has 104 valence electrons. The molecule has 1 aliphatic carbocycles. The molecule has 3 nitrogen and oxygen atoms in total. The van der Waals surface area contributed by atoms with Gasteiger partial charge >= 0.3 is 0 Å². The molecule has 2 aromatic rings. The molecule has 0 saturated carbocycles. The van der Waals surface area contributed by atoms with Gasteiger partial charge in [0.2, 0.25) is 0 Å². The van der Waals surface area contributed by atoms with Crippen molar-refractivity contribution in [2.24, 2.45) is 5.10 Å². The molecule has 0 spiro atoms. The molecule has 1 amide bonds. The third-order valence-electron chi connectivity index (χ3n) is 3.37. The fourth-order valence-electron chi connectivity index (χ4n) is 2.35. The Kier molecular flexibility index (Phi) is 4.28. The SMILES string of the molecule is O=C(N/N=C\c1cccs1)c1cc2c(s1)CCCCC2. The van der Waals surface area contributed by atoms with Crippen LogP contribution in [0.4, 0.5) is 0 Å². The number of aryl methyl sites for hydroxylation is 2. The number of thiophene rings is 2. The largest absolute Gasteiger partial charge is 0.281 e. The summed E-state index contributed by atoms with van der Waals surface area (Å²) in [5.41, 5.74) is 3.97. The molecule has 5 heteroatoms. The number of nitrogens with zero attached hydrogens (tertiary/aromatic N) is 1. The normalized spacial score (nSPS) is 15.0. The Morgan fingerprint density at radius 1 is 1.30 bits per heavy atom. The van der Waals surface area contributed by atoms with Gasteiger partial charge in [-0.05, 0) is 48.8 Å². The number of hydrogen-bond donors (Lipinski definition) is 1. The maximum Gasteiger partial charge on any atom is 0.281 e. The molecule has 20 heavy (non-hydrogen) atoms. The summed E-state index contributed by atoms with van der Waals surface area (Å²) >= 11 is 3.22. The molecular weight excluding hydrogens is 288 g/mol. The van der Waals surface area contributed by atoms with Crippen molar-refractivity contribution in [2.75, 3.05) is 0 Å². The van der Waals surface area contributed by atoms with Gasteiger partial charge in [0.25, 0.3) is 5.91 Å². The van der Waals surface area contributed by atoms with Crippen LogP contribution < -0.4 is 5.43 Å². The summed E-state index contributed by atoms with van der Waals surface area (Å²) in [6.45, 7) is 0. The highest BCUT2D eigenvalue weighted by molar-refractivity contribution is 7.14. The van der Waals surface area contributed by atoms with Crippen molar-refractivity contribution in [2.45, 2.75) is 32.1 Å². The molecule has 2 heterocycles. The van der Waals surface area contributed by atoms with E-state index in [9.17, 15) is 4.79 Å². The van der Waals surface area contributed by atoms with Crippen LogP contribution >= 0.6 is 22.7 Å². The second-order valence-corrected chi connectivity index (χ2v) is 6.95. The van der Waals surface area contributed by atoms with Crippen LogP contribution in [-0.4, -0.2) is 12.1 Å². The number of hydrogen-bond acceptors (Lipinski definition) is 4. The second-order valence-electron chi connectivity index (χ2n) is 4.83. The van der Waals surface area contributed by atoms with E-state index in [4.69, 9.17) is 0 Å². The molecule has 0 aliphatic heterocycles. The van der Waals surface area contributed by atoms with E-state index >= 15 is 0 Å². The van der Waals surface area contributed by atoms with Crippen LogP contribution in [0.1, 0.15) is 44.3 Å². The van der Waals surface area contributed by atoms with Gasteiger partial charge in [0.05, 0.1) is 11.1 Å². The third-order valence-corrected chi connectivity index (χ3v) is 5.41. The van der Waals surface area contributed by atoms with Crippen molar-refractivity contribution < 1.29 is 4.79 Å². The smallest absolute Gasteiger partial charge is 0.266 e. The Morgan fingerprint density at radius 2 is 2.20 bits per heavy atom. The molecule has 1 N–H and O–H groups in total. The first-order valence-electron chi connectivity index (χ1n) is 6.81. The molecule has 0 fully saturated rings. The molecule has 0 aromatic carbocycles. The first-order chi connectivity index (χ1) is 9.83. The summed E-state index contributed by atoms with van der Waals surface area (Å²) in [6, 6.07) is 5.97. The summed E-state index contributed by atoms with van der Waals surface area (Å²) in [5, 5.41) is 5.99. The van der Waals surface area contributed by atoms with Gasteiger partial charge in [-0.3, -0.25) is 4.79 Å². The van der Waals surface area contributed by atoms with Crippen LogP contribution in [0.5, 0.6) is 0 Å². The van der Waals surface area contributed by atoms with Gasteiger partial charge in [-0.25, -0.2) is 5.43 Å². The molecule has 0 bridgehead atoms. The maximum atomic E-state index is 12.1. The highest BCUT2D eigenvalue weighted by atomic mass is 32.1. The summed E-state index contributed by atoms with van der Waals surface area (Å²) in [5.74, 6) is -0.101. The summed E-state index contributed by atoms with van der Waals surface area (Å²) in [6.07, 6.45) is 7.69. The summed E-state index contributed by atoms with van der Waals surface area (Å²) in [4.78, 5) is 15.3. The van der Waals surface area contributed by atoms with Crippen molar-refractivity contribution in [1.29, 1.82) is 0 Å². The van der Waals surface area contributed by atoms with E-state index in [1.165, 1.54) is 29.7 Å². The lowest BCUT2D eigenvalue weighted by atomic mass is 10.1. The highest BCUT2D eigenvalue weighted by Gasteiger charge is 2.15. The van der Waals surface area contributed by atoms with E-state index < -0.39 is 0 Å². The van der Waals surface area contributed by atoms with E-state index in [-0.39, 0.29) is 5.91 Å². The van der Waals surface area contributed by atoms with Crippen LogP contribution in [0.15, 0.2) is 28.7 Å². The van der Waals surface area contributed by atoms with Crippen LogP contribution in [0.25, 0.3) is 0 Å². The predicted octanol–water partition coefficient (Wildman–Crippen LogP) is 3.84. The van der Waals surface area contributed by atoms with Gasteiger partial charge in [-0.15, -0.1) is 22.7 Å². The van der Waals surface area contributed by atoms with Crippen molar-refractivity contribution in [3.8, 4) is 0 Å². The molecule has 2 aromatic heterocycles. The highest BCUT2D eigenvalue weighted by Crippen LogP contribution is 2.28. The number of carbonyl (C=O) groups is 1. The molecule has 0 unspecified atom stereocenters. The van der Waals surface area contributed by atoms with Gasteiger partial charge < -0.3 is 0 Å². The number of amides is 1. The predicted molar refractivity (Wildman–Crippen MR) is 85.0 cm³/mol. The lowest BCUT2D eigenvalue weighted by molar-refractivity contribution is 0.0959. The van der Waals surface area contributed by atoms with Crippen molar-refractivity contribution in [1.82, 2.24) is 5.43 Å². The lowest BCUT2D eigenvalue weighted by Crippen LogP contribution is -2.16. The Labute approximate surface area is 126 Å². The van der Waals surface area contributed by atoms with E-state index in [0.717, 1.165) is 22.6 Å². The van der Waals surface area contributed by atoms with Gasteiger partial charge in [0, 0.05) is 9.75 Å². The minimum absolute atomic E-state index is 0.101. The van der Waals surface area contributed by atoms with Gasteiger partial charge in [0.1, 0.15) is 0 Å². The van der Waals surface area contributed by atoms with Crippen molar-refractivity contribution in [3.05, 3.63) is 43.8 Å². The number of rotatable bonds is 3. The topological polar surface area (TPSA) is 41.5 Å². The Morgan fingerprint density at radius 3 is 3.05 bits per heavy atom. The van der Waals surface area contributed by atoms with Crippen LogP contribution in [0.2, 0.25) is 0 Å². The number of carbonyl (C=O) groups excluding carboxylic acids is 1. The molecule has 0 radical (unpaired) electrons. The first kappa shape index (κ1) is 13.5. The minimum atomic E-state index is -0.101. The Hall–Kier alpha value is -1.46. The Balaban J connectivity index is 1.65. The lowest BCUT2D eigenvalue weighted by Gasteiger charge is -1.95. The monoisotopic (exact) mass is 304 g/mol. The van der Waals surface area contributed by atoms with Gasteiger partial charge in [0.15, 0.2) is 0 Å². The van der Waals surface area contributed by atoms with Crippen LogP contribution in [-0.2, 0) is 12.8 Å². The molecular formula is C15H16N2OS2. The fraction of sp³-hybridized carbons (Fsp3) is 0.333. The van der Waals surface area contributed by atoms with E-state index in [2.05, 4.69) is 10.5 Å². The minimum Gasteiger partial charge on any atom is -0.266 e. The van der Waals surface area contributed by atoms with E-state index in [0.29, 0.717) is 0 Å². The van der Waals surface area contributed by atoms with E-state index in [1.54, 1.807) is 28.9 Å². The average Bonchev–Trinajstić information content (AvgIpc) is 3.05. The van der Waals surface area contributed by atoms with Crippen LogP contribution in [0.3, 0.4) is 0 Å². The van der Waals surface area contributed by atoms with Crippen LogP contribution in [0, 0.1) is 0 Å². The second kappa shape index (κ2) is 6.33. The number of fused-ring (bicyclic) bond motifs is 1. The molecule has 3 rings (SSSR count). The molecule has 1 aliphatic rings. The molecule has 0 saturated heterocycles. The van der Waals surface area contributed by atoms with Gasteiger partial charge in [-0.1, -0.05) is 12.5 Å². The molecule has 0 atom stereocenters. The maximum absolute atomic E-state index is 12.1. The number of nitrogens with one attached hydrogen (secondary N) is 1.